The van der Waals surface area contributed by atoms with E-state index in [0.717, 1.165) is 12.1 Å². The summed E-state index contributed by atoms with van der Waals surface area (Å²) in [4.78, 5) is 8.57. The first-order valence-electron chi connectivity index (χ1n) is 6.90. The Hall–Kier alpha value is -2.61. The first-order valence-corrected chi connectivity index (χ1v) is 6.90. The van der Waals surface area contributed by atoms with Crippen molar-refractivity contribution in [1.82, 2.24) is 14.4 Å². The summed E-state index contributed by atoms with van der Waals surface area (Å²) in [7, 11) is 0. The van der Waals surface area contributed by atoms with Gasteiger partial charge in [0.15, 0.2) is 11.5 Å². The van der Waals surface area contributed by atoms with E-state index in [0.29, 0.717) is 29.3 Å². The summed E-state index contributed by atoms with van der Waals surface area (Å²) in [6.45, 7) is 0.616. The van der Waals surface area contributed by atoms with Crippen molar-refractivity contribution < 1.29 is 13.2 Å². The normalized spacial score (nSPS) is 11.8. The van der Waals surface area contributed by atoms with E-state index in [1.807, 2.05) is 0 Å². The van der Waals surface area contributed by atoms with Gasteiger partial charge in [0, 0.05) is 31.7 Å². The molecule has 0 atom stereocenters. The summed E-state index contributed by atoms with van der Waals surface area (Å²) in [5.41, 5.74) is 6.98. The van der Waals surface area contributed by atoms with Gasteiger partial charge in [0.25, 0.3) is 0 Å². The average molecular weight is 321 g/mol. The number of nitrogens with two attached hydrogens (primary N) is 1. The molecule has 0 aliphatic carbocycles. The standard InChI is InChI=1S/C15H14F3N5/c16-15(17,18)11-3-1-10(2-4-11)8-21-13-14-20-5-6-23(14)9-12(7-19)22-13/h1-6,9H,7-8,19H2,(H,21,22). The van der Waals surface area contributed by atoms with E-state index < -0.39 is 11.7 Å². The number of rotatable bonds is 4. The van der Waals surface area contributed by atoms with Gasteiger partial charge in [-0.15, -0.1) is 0 Å². The van der Waals surface area contributed by atoms with E-state index >= 15 is 0 Å². The largest absolute Gasteiger partial charge is 0.416 e. The molecule has 2 heterocycles. The summed E-state index contributed by atoms with van der Waals surface area (Å²) in [6, 6.07) is 4.99. The van der Waals surface area contributed by atoms with Gasteiger partial charge in [0.2, 0.25) is 0 Å². The molecular weight excluding hydrogens is 307 g/mol. The van der Waals surface area contributed by atoms with Gasteiger partial charge in [-0.05, 0) is 17.7 Å². The second-order valence-electron chi connectivity index (χ2n) is 4.99. The van der Waals surface area contributed by atoms with Crippen molar-refractivity contribution in [3.8, 4) is 0 Å². The molecule has 23 heavy (non-hydrogen) atoms. The number of nitrogens with one attached hydrogen (secondary N) is 1. The van der Waals surface area contributed by atoms with Crippen molar-refractivity contribution in [2.75, 3.05) is 5.32 Å². The Balaban J connectivity index is 1.79. The lowest BCUT2D eigenvalue weighted by atomic mass is 10.1. The van der Waals surface area contributed by atoms with Gasteiger partial charge < -0.3 is 15.5 Å². The van der Waals surface area contributed by atoms with Gasteiger partial charge in [0.05, 0.1) is 11.3 Å². The van der Waals surface area contributed by atoms with Crippen molar-refractivity contribution in [1.29, 1.82) is 0 Å². The third-order valence-electron chi connectivity index (χ3n) is 3.37. The third-order valence-corrected chi connectivity index (χ3v) is 3.37. The molecule has 8 heteroatoms. The summed E-state index contributed by atoms with van der Waals surface area (Å²) >= 11 is 0. The van der Waals surface area contributed by atoms with Crippen LogP contribution in [0.4, 0.5) is 19.0 Å². The highest BCUT2D eigenvalue weighted by Crippen LogP contribution is 2.29. The van der Waals surface area contributed by atoms with Crippen LogP contribution in [0.25, 0.3) is 5.65 Å². The number of benzene rings is 1. The molecule has 0 radical (unpaired) electrons. The molecule has 120 valence electrons. The highest BCUT2D eigenvalue weighted by molar-refractivity contribution is 5.62. The Bertz CT molecular complexity index is 808. The molecule has 0 saturated carbocycles. The smallest absolute Gasteiger partial charge is 0.363 e. The van der Waals surface area contributed by atoms with Crippen molar-refractivity contribution in [3.63, 3.8) is 0 Å². The summed E-state index contributed by atoms with van der Waals surface area (Å²) in [5.74, 6) is 0.540. The molecule has 0 aliphatic rings. The number of anilines is 1. The predicted molar refractivity (Wildman–Crippen MR) is 79.6 cm³/mol. The minimum absolute atomic E-state index is 0.281. The van der Waals surface area contributed by atoms with Crippen LogP contribution in [0, 0.1) is 0 Å². The van der Waals surface area contributed by atoms with Gasteiger partial charge in [-0.3, -0.25) is 0 Å². The van der Waals surface area contributed by atoms with Crippen molar-refractivity contribution >= 4 is 11.5 Å². The molecule has 0 unspecified atom stereocenters. The zero-order valence-corrected chi connectivity index (χ0v) is 12.0. The molecule has 2 aromatic heterocycles. The van der Waals surface area contributed by atoms with Crippen LogP contribution in [0.1, 0.15) is 16.8 Å². The van der Waals surface area contributed by atoms with Crippen LogP contribution in [0.3, 0.4) is 0 Å². The number of halogens is 3. The number of hydrogen-bond acceptors (Lipinski definition) is 4. The molecule has 3 rings (SSSR count). The fourth-order valence-corrected chi connectivity index (χ4v) is 2.20. The lowest BCUT2D eigenvalue weighted by Crippen LogP contribution is -2.09. The number of nitrogens with zero attached hydrogens (tertiary/aromatic N) is 3. The maximum Gasteiger partial charge on any atom is 0.416 e. The second kappa shape index (κ2) is 5.88. The number of imidazole rings is 1. The maximum absolute atomic E-state index is 12.5. The monoisotopic (exact) mass is 321 g/mol. The highest BCUT2D eigenvalue weighted by atomic mass is 19.4. The molecule has 0 spiro atoms. The third kappa shape index (κ3) is 3.26. The number of hydrogen-bond donors (Lipinski definition) is 2. The first kappa shape index (κ1) is 15.3. The van der Waals surface area contributed by atoms with E-state index in [4.69, 9.17) is 5.73 Å². The van der Waals surface area contributed by atoms with Gasteiger partial charge in [-0.25, -0.2) is 9.97 Å². The molecule has 0 aliphatic heterocycles. The van der Waals surface area contributed by atoms with Gasteiger partial charge in [-0.2, -0.15) is 13.2 Å². The molecular formula is C15H14F3N5. The molecule has 1 aromatic carbocycles. The van der Waals surface area contributed by atoms with Crippen molar-refractivity contribution in [2.45, 2.75) is 19.3 Å². The topological polar surface area (TPSA) is 68.2 Å². The predicted octanol–water partition coefficient (Wildman–Crippen LogP) is 2.82. The summed E-state index contributed by atoms with van der Waals surface area (Å²) < 4.78 is 39.4. The van der Waals surface area contributed by atoms with Crippen molar-refractivity contribution in [2.24, 2.45) is 5.73 Å². The number of alkyl halides is 3. The lowest BCUT2D eigenvalue weighted by molar-refractivity contribution is -0.137. The Morgan fingerprint density at radius 3 is 2.57 bits per heavy atom. The average Bonchev–Trinajstić information content (AvgIpc) is 3.00. The lowest BCUT2D eigenvalue weighted by Gasteiger charge is -2.10. The summed E-state index contributed by atoms with van der Waals surface area (Å²) in [5, 5.41) is 3.09. The first-order chi connectivity index (χ1) is 11.0. The van der Waals surface area contributed by atoms with E-state index in [2.05, 4.69) is 15.3 Å². The van der Waals surface area contributed by atoms with Crippen LogP contribution >= 0.6 is 0 Å². The van der Waals surface area contributed by atoms with E-state index in [1.54, 1.807) is 23.0 Å². The molecule has 0 saturated heterocycles. The van der Waals surface area contributed by atoms with E-state index in [-0.39, 0.29) is 6.54 Å². The summed E-state index contributed by atoms with van der Waals surface area (Å²) in [6.07, 6.45) is 0.872. The highest BCUT2D eigenvalue weighted by Gasteiger charge is 2.29. The second-order valence-corrected chi connectivity index (χ2v) is 4.99. The Kier molecular flexibility index (Phi) is 3.91. The zero-order chi connectivity index (χ0) is 16.4. The van der Waals surface area contributed by atoms with Crippen LogP contribution in [-0.2, 0) is 19.3 Å². The van der Waals surface area contributed by atoms with Gasteiger partial charge in [0.1, 0.15) is 0 Å². The molecule has 5 nitrogen and oxygen atoms in total. The Morgan fingerprint density at radius 1 is 1.17 bits per heavy atom. The van der Waals surface area contributed by atoms with Crippen LogP contribution in [0.5, 0.6) is 0 Å². The minimum Gasteiger partial charge on any atom is -0.363 e. The van der Waals surface area contributed by atoms with Crippen LogP contribution < -0.4 is 11.1 Å². The van der Waals surface area contributed by atoms with E-state index in [9.17, 15) is 13.2 Å². The van der Waals surface area contributed by atoms with Crippen LogP contribution in [0.2, 0.25) is 0 Å². The quantitative estimate of drug-likeness (QED) is 0.775. The van der Waals surface area contributed by atoms with Gasteiger partial charge >= 0.3 is 6.18 Å². The molecule has 3 aromatic rings. The zero-order valence-electron chi connectivity index (χ0n) is 12.0. The Labute approximate surface area is 130 Å². The SMILES string of the molecule is NCc1cn2ccnc2c(NCc2ccc(C(F)(F)F)cc2)n1. The minimum atomic E-state index is -4.33. The number of fused-ring (bicyclic) bond motifs is 1. The maximum atomic E-state index is 12.5. The molecule has 0 amide bonds. The van der Waals surface area contributed by atoms with Crippen LogP contribution in [0.15, 0.2) is 42.9 Å². The van der Waals surface area contributed by atoms with E-state index in [1.165, 1.54) is 12.1 Å². The van der Waals surface area contributed by atoms with Crippen molar-refractivity contribution in [3.05, 3.63) is 59.7 Å². The molecule has 3 N–H and O–H groups in total. The number of aromatic nitrogens is 3. The fourth-order valence-electron chi connectivity index (χ4n) is 2.20. The molecule has 0 bridgehead atoms. The molecule has 0 fully saturated rings. The van der Waals surface area contributed by atoms with Gasteiger partial charge in [-0.1, -0.05) is 12.1 Å². The Morgan fingerprint density at radius 2 is 1.91 bits per heavy atom. The fraction of sp³-hybridized carbons (Fsp3) is 0.200. The van der Waals surface area contributed by atoms with Crippen LogP contribution in [-0.4, -0.2) is 14.4 Å².